The van der Waals surface area contributed by atoms with Crippen LogP contribution in [0.3, 0.4) is 0 Å². The summed E-state index contributed by atoms with van der Waals surface area (Å²) < 4.78 is 0. The maximum atomic E-state index is 12.0. The number of benzene rings is 1. The number of rotatable bonds is 2. The van der Waals surface area contributed by atoms with Gasteiger partial charge in [0.2, 0.25) is 0 Å². The maximum absolute atomic E-state index is 12.0. The first-order chi connectivity index (χ1) is 7.81. The molecular formula is C11H12N2OS2. The summed E-state index contributed by atoms with van der Waals surface area (Å²) in [7, 11) is 0. The molecule has 1 aliphatic rings. The molecule has 5 heteroatoms. The molecule has 0 atom stereocenters. The molecule has 0 fully saturated rings. The van der Waals surface area contributed by atoms with Gasteiger partial charge in [0.05, 0.1) is 12.1 Å². The fourth-order valence-corrected chi connectivity index (χ4v) is 2.73. The number of aliphatic imine (C=N–C) groups is 1. The molecule has 84 valence electrons. The summed E-state index contributed by atoms with van der Waals surface area (Å²) in [6.45, 7) is 0.796. The second-order valence-electron chi connectivity index (χ2n) is 3.19. The first-order valence-electron chi connectivity index (χ1n) is 4.93. The zero-order valence-electron chi connectivity index (χ0n) is 8.90. The highest BCUT2D eigenvalue weighted by atomic mass is 32.2. The first-order valence-corrected chi connectivity index (χ1v) is 7.14. The Morgan fingerprint density at radius 2 is 2.31 bits per heavy atom. The van der Waals surface area contributed by atoms with E-state index < -0.39 is 0 Å². The molecule has 1 aromatic carbocycles. The van der Waals surface area contributed by atoms with Gasteiger partial charge in [0.15, 0.2) is 5.17 Å². The highest BCUT2D eigenvalue weighted by Crippen LogP contribution is 2.20. The molecule has 16 heavy (non-hydrogen) atoms. The zero-order valence-corrected chi connectivity index (χ0v) is 10.5. The number of amidine groups is 1. The van der Waals surface area contributed by atoms with Crippen LogP contribution < -0.4 is 5.32 Å². The summed E-state index contributed by atoms with van der Waals surface area (Å²) in [6, 6.07) is 7.59. The minimum Gasteiger partial charge on any atom is -0.301 e. The van der Waals surface area contributed by atoms with E-state index in [4.69, 9.17) is 0 Å². The molecule has 0 radical (unpaired) electrons. The lowest BCUT2D eigenvalue weighted by Crippen LogP contribution is -2.27. The fraction of sp³-hybridized carbons (Fsp3) is 0.273. The predicted molar refractivity (Wildman–Crippen MR) is 70.4 cm³/mol. The van der Waals surface area contributed by atoms with E-state index >= 15 is 0 Å². The molecule has 1 aromatic rings. The summed E-state index contributed by atoms with van der Waals surface area (Å²) in [5, 5.41) is 3.57. The van der Waals surface area contributed by atoms with Crippen LogP contribution in [0.2, 0.25) is 0 Å². The molecule has 1 aliphatic heterocycles. The normalized spacial score (nSPS) is 14.7. The quantitative estimate of drug-likeness (QED) is 0.821. The van der Waals surface area contributed by atoms with Gasteiger partial charge in [-0.05, 0) is 18.4 Å². The van der Waals surface area contributed by atoms with Crippen LogP contribution in [-0.4, -0.2) is 29.6 Å². The summed E-state index contributed by atoms with van der Waals surface area (Å²) in [5.41, 5.74) is 0.713. The van der Waals surface area contributed by atoms with Crippen molar-refractivity contribution in [1.29, 1.82) is 0 Å². The molecule has 3 nitrogen and oxygen atoms in total. The third kappa shape index (κ3) is 2.59. The molecule has 1 amide bonds. The van der Waals surface area contributed by atoms with Crippen molar-refractivity contribution < 1.29 is 4.79 Å². The van der Waals surface area contributed by atoms with E-state index in [9.17, 15) is 4.79 Å². The predicted octanol–water partition coefficient (Wildman–Crippen LogP) is 2.24. The average Bonchev–Trinajstić information content (AvgIpc) is 2.81. The Bertz CT molecular complexity index is 432. The van der Waals surface area contributed by atoms with E-state index in [0.29, 0.717) is 5.56 Å². The van der Waals surface area contributed by atoms with Crippen molar-refractivity contribution in [3.63, 3.8) is 0 Å². The summed E-state index contributed by atoms with van der Waals surface area (Å²) in [5.74, 6) is 0.887. The SMILES string of the molecule is CSc1ccccc1C(=O)NC1=NCCS1. The molecule has 1 heterocycles. The number of hydrogen-bond acceptors (Lipinski definition) is 4. The van der Waals surface area contributed by atoms with E-state index in [0.717, 1.165) is 22.4 Å². The highest BCUT2D eigenvalue weighted by molar-refractivity contribution is 8.14. The van der Waals surface area contributed by atoms with Gasteiger partial charge in [-0.15, -0.1) is 11.8 Å². The molecule has 0 spiro atoms. The minimum atomic E-state index is -0.0712. The molecule has 0 aliphatic carbocycles. The van der Waals surface area contributed by atoms with Crippen LogP contribution in [0, 0.1) is 0 Å². The van der Waals surface area contributed by atoms with Crippen molar-refractivity contribution in [2.75, 3.05) is 18.6 Å². The molecule has 0 aromatic heterocycles. The fourth-order valence-electron chi connectivity index (χ4n) is 1.41. The number of nitrogens with one attached hydrogen (secondary N) is 1. The van der Waals surface area contributed by atoms with E-state index in [1.54, 1.807) is 23.5 Å². The standard InChI is InChI=1S/C11H12N2OS2/c1-15-9-5-3-2-4-8(9)10(14)13-11-12-6-7-16-11/h2-5H,6-7H2,1H3,(H,12,13,14). The van der Waals surface area contributed by atoms with Gasteiger partial charge in [0, 0.05) is 10.6 Å². The average molecular weight is 252 g/mol. The Balaban J connectivity index is 2.13. The van der Waals surface area contributed by atoms with Gasteiger partial charge in [-0.3, -0.25) is 9.79 Å². The monoisotopic (exact) mass is 252 g/mol. The van der Waals surface area contributed by atoms with Gasteiger partial charge in [0.1, 0.15) is 0 Å². The Morgan fingerprint density at radius 3 is 3.00 bits per heavy atom. The van der Waals surface area contributed by atoms with Crippen LogP contribution >= 0.6 is 23.5 Å². The number of hydrogen-bond donors (Lipinski definition) is 1. The van der Waals surface area contributed by atoms with Gasteiger partial charge in [-0.2, -0.15) is 0 Å². The third-order valence-corrected chi connectivity index (χ3v) is 3.84. The summed E-state index contributed by atoms with van der Waals surface area (Å²) in [4.78, 5) is 17.1. The van der Waals surface area contributed by atoms with Crippen LogP contribution in [-0.2, 0) is 0 Å². The van der Waals surface area contributed by atoms with E-state index in [-0.39, 0.29) is 5.91 Å². The Kier molecular flexibility index (Phi) is 3.90. The number of nitrogens with zero attached hydrogens (tertiary/aromatic N) is 1. The summed E-state index contributed by atoms with van der Waals surface area (Å²) in [6.07, 6.45) is 1.97. The zero-order chi connectivity index (χ0) is 11.4. The molecule has 1 N–H and O–H groups in total. The second-order valence-corrected chi connectivity index (χ2v) is 5.12. The smallest absolute Gasteiger partial charge is 0.258 e. The topological polar surface area (TPSA) is 41.5 Å². The number of thioether (sulfide) groups is 2. The lowest BCUT2D eigenvalue weighted by molar-refractivity contribution is 0.0975. The second kappa shape index (κ2) is 5.41. The molecular weight excluding hydrogens is 240 g/mol. The van der Waals surface area contributed by atoms with Crippen LogP contribution in [0.5, 0.6) is 0 Å². The van der Waals surface area contributed by atoms with Gasteiger partial charge in [-0.1, -0.05) is 23.9 Å². The highest BCUT2D eigenvalue weighted by Gasteiger charge is 2.14. The van der Waals surface area contributed by atoms with Gasteiger partial charge >= 0.3 is 0 Å². The summed E-state index contributed by atoms with van der Waals surface area (Å²) >= 11 is 3.16. The minimum absolute atomic E-state index is 0.0712. The molecule has 0 saturated carbocycles. The Hall–Kier alpha value is -0.940. The van der Waals surface area contributed by atoms with Crippen LogP contribution in [0.15, 0.2) is 34.2 Å². The first kappa shape index (κ1) is 11.5. The molecule has 0 bridgehead atoms. The number of amides is 1. The van der Waals surface area contributed by atoms with Crippen LogP contribution in [0.25, 0.3) is 0 Å². The molecule has 0 saturated heterocycles. The van der Waals surface area contributed by atoms with Crippen molar-refractivity contribution in [2.24, 2.45) is 4.99 Å². The van der Waals surface area contributed by atoms with Crippen molar-refractivity contribution in [3.8, 4) is 0 Å². The van der Waals surface area contributed by atoms with Gasteiger partial charge in [0.25, 0.3) is 5.91 Å². The van der Waals surface area contributed by atoms with Gasteiger partial charge in [-0.25, -0.2) is 0 Å². The number of carbonyl (C=O) groups is 1. The van der Waals surface area contributed by atoms with E-state index in [1.165, 1.54) is 0 Å². The Morgan fingerprint density at radius 1 is 1.50 bits per heavy atom. The van der Waals surface area contributed by atoms with Crippen LogP contribution in [0.4, 0.5) is 0 Å². The van der Waals surface area contributed by atoms with Crippen molar-refractivity contribution >= 4 is 34.6 Å². The maximum Gasteiger partial charge on any atom is 0.258 e. The Labute approximate surface area is 103 Å². The molecule has 2 rings (SSSR count). The third-order valence-electron chi connectivity index (χ3n) is 2.16. The van der Waals surface area contributed by atoms with Crippen molar-refractivity contribution in [1.82, 2.24) is 5.32 Å². The largest absolute Gasteiger partial charge is 0.301 e. The number of carbonyl (C=O) groups excluding carboxylic acids is 1. The van der Waals surface area contributed by atoms with Crippen LogP contribution in [0.1, 0.15) is 10.4 Å². The van der Waals surface area contributed by atoms with Gasteiger partial charge < -0.3 is 5.32 Å². The lowest BCUT2D eigenvalue weighted by atomic mass is 10.2. The lowest BCUT2D eigenvalue weighted by Gasteiger charge is -2.07. The van der Waals surface area contributed by atoms with Crippen molar-refractivity contribution in [3.05, 3.63) is 29.8 Å². The van der Waals surface area contributed by atoms with Crippen molar-refractivity contribution in [2.45, 2.75) is 4.90 Å². The van der Waals surface area contributed by atoms with E-state index in [1.807, 2.05) is 30.5 Å². The van der Waals surface area contributed by atoms with E-state index in [2.05, 4.69) is 10.3 Å². The molecule has 0 unspecified atom stereocenters.